The minimum absolute atomic E-state index is 0.346. The molecule has 0 aromatic carbocycles. The molecular weight excluding hydrogens is 436 g/mol. The molecule has 180 valence electrons. The van der Waals surface area contributed by atoms with Crippen molar-refractivity contribution in [1.29, 1.82) is 0 Å². The summed E-state index contributed by atoms with van der Waals surface area (Å²) in [7, 11) is 0. The third kappa shape index (κ3) is 27.9. The van der Waals surface area contributed by atoms with Crippen molar-refractivity contribution in [2.24, 2.45) is 0 Å². The van der Waals surface area contributed by atoms with Crippen LogP contribution in [0, 0.1) is 0 Å². The molecule has 0 bridgehead atoms. The summed E-state index contributed by atoms with van der Waals surface area (Å²) >= 11 is 3.50. The number of alkyl halides is 1. The molecule has 0 aromatic heterocycles. The van der Waals surface area contributed by atoms with Crippen molar-refractivity contribution >= 4 is 21.9 Å². The summed E-state index contributed by atoms with van der Waals surface area (Å²) in [4.78, 5) is 10.4. The highest BCUT2D eigenvalue weighted by Crippen LogP contribution is 2.15. The second-order valence-electron chi connectivity index (χ2n) is 9.32. The summed E-state index contributed by atoms with van der Waals surface area (Å²) in [5, 5.41) is 9.77. The molecule has 0 rings (SSSR count). The van der Waals surface area contributed by atoms with Gasteiger partial charge in [-0.05, 0) is 12.8 Å². The Balaban J connectivity index is 2.99. The number of carboxylic acid groups (broad SMARTS) is 1. The van der Waals surface area contributed by atoms with Gasteiger partial charge in [-0.1, -0.05) is 157 Å². The number of hydrogen-bond acceptors (Lipinski definition) is 1. The van der Waals surface area contributed by atoms with Gasteiger partial charge in [0.2, 0.25) is 0 Å². The monoisotopic (exact) mass is 488 g/mol. The second-order valence-corrected chi connectivity index (χ2v) is 10.1. The van der Waals surface area contributed by atoms with Gasteiger partial charge < -0.3 is 5.11 Å². The van der Waals surface area contributed by atoms with Gasteiger partial charge in [0.25, 0.3) is 0 Å². The fourth-order valence-electron chi connectivity index (χ4n) is 4.26. The van der Waals surface area contributed by atoms with E-state index in [2.05, 4.69) is 15.9 Å². The molecule has 1 N–H and O–H groups in total. The molecule has 0 radical (unpaired) electrons. The van der Waals surface area contributed by atoms with Crippen LogP contribution in [0.4, 0.5) is 0 Å². The molecule has 3 heteroatoms. The van der Waals surface area contributed by atoms with E-state index in [0.29, 0.717) is 6.42 Å². The van der Waals surface area contributed by atoms with Crippen LogP contribution in [0.1, 0.15) is 161 Å². The standard InChI is InChI=1S/C27H53BrO2/c28-26-24-22-20-18-16-14-12-10-8-6-4-2-1-3-5-7-9-11-13-15-17-19-21-23-25-27(29)30/h1-26H2,(H,29,30). The number of carboxylic acids is 1. The molecule has 0 fully saturated rings. The second kappa shape index (κ2) is 27.0. The first-order valence-corrected chi connectivity index (χ1v) is 14.7. The van der Waals surface area contributed by atoms with E-state index >= 15 is 0 Å². The lowest BCUT2D eigenvalue weighted by molar-refractivity contribution is -0.137. The predicted octanol–water partition coefficient (Wildman–Crippen LogP) is 10.2. The SMILES string of the molecule is O=C(O)CCCCCCCCCCCCCCCCCCCCCCCCCCBr. The molecule has 0 unspecified atom stereocenters. The molecule has 0 atom stereocenters. The number of unbranched alkanes of at least 4 members (excludes halogenated alkanes) is 23. The van der Waals surface area contributed by atoms with Crippen molar-refractivity contribution < 1.29 is 9.90 Å². The zero-order valence-electron chi connectivity index (χ0n) is 20.1. The summed E-state index contributed by atoms with van der Waals surface area (Å²) in [6.07, 6.45) is 33.4. The molecule has 2 nitrogen and oxygen atoms in total. The normalized spacial score (nSPS) is 11.2. The molecule has 0 aliphatic carbocycles. The van der Waals surface area contributed by atoms with E-state index < -0.39 is 5.97 Å². The summed E-state index contributed by atoms with van der Waals surface area (Å²) in [6, 6.07) is 0. The van der Waals surface area contributed by atoms with Crippen molar-refractivity contribution in [3.05, 3.63) is 0 Å². The number of aliphatic carboxylic acids is 1. The lowest BCUT2D eigenvalue weighted by Gasteiger charge is -2.04. The molecular formula is C27H53BrO2. The van der Waals surface area contributed by atoms with Crippen LogP contribution in [0.2, 0.25) is 0 Å². The zero-order chi connectivity index (χ0) is 22.0. The van der Waals surface area contributed by atoms with Gasteiger partial charge in [-0.15, -0.1) is 0 Å². The van der Waals surface area contributed by atoms with Crippen molar-refractivity contribution in [3.63, 3.8) is 0 Å². The molecule has 0 spiro atoms. The van der Waals surface area contributed by atoms with Gasteiger partial charge in [-0.2, -0.15) is 0 Å². The van der Waals surface area contributed by atoms with E-state index in [9.17, 15) is 4.79 Å². The van der Waals surface area contributed by atoms with E-state index in [1.165, 1.54) is 147 Å². The average Bonchev–Trinajstić information content (AvgIpc) is 2.73. The Morgan fingerprint density at radius 1 is 0.400 bits per heavy atom. The summed E-state index contributed by atoms with van der Waals surface area (Å²) in [6.45, 7) is 0. The van der Waals surface area contributed by atoms with Crippen LogP contribution in [-0.2, 0) is 4.79 Å². The Hall–Kier alpha value is -0.0500. The highest BCUT2D eigenvalue weighted by molar-refractivity contribution is 9.09. The van der Waals surface area contributed by atoms with E-state index in [0.717, 1.165) is 12.8 Å². The minimum atomic E-state index is -0.650. The predicted molar refractivity (Wildman–Crippen MR) is 137 cm³/mol. The average molecular weight is 490 g/mol. The topological polar surface area (TPSA) is 37.3 Å². The summed E-state index contributed by atoms with van der Waals surface area (Å²) in [5.41, 5.74) is 0. The third-order valence-corrected chi connectivity index (χ3v) is 6.84. The van der Waals surface area contributed by atoms with Crippen LogP contribution in [0.15, 0.2) is 0 Å². The van der Waals surface area contributed by atoms with Crippen LogP contribution in [0.25, 0.3) is 0 Å². The van der Waals surface area contributed by atoms with E-state index in [4.69, 9.17) is 5.11 Å². The maximum Gasteiger partial charge on any atom is 0.303 e. The molecule has 0 aromatic rings. The van der Waals surface area contributed by atoms with Gasteiger partial charge in [0.05, 0.1) is 0 Å². The highest BCUT2D eigenvalue weighted by Gasteiger charge is 1.97. The number of rotatable bonds is 26. The van der Waals surface area contributed by atoms with Gasteiger partial charge in [0, 0.05) is 11.8 Å². The van der Waals surface area contributed by atoms with Crippen LogP contribution in [-0.4, -0.2) is 16.4 Å². The number of halogens is 1. The fourth-order valence-corrected chi connectivity index (χ4v) is 4.66. The van der Waals surface area contributed by atoms with Crippen molar-refractivity contribution in [1.82, 2.24) is 0 Å². The molecule has 0 amide bonds. The molecule has 0 heterocycles. The summed E-state index contributed by atoms with van der Waals surface area (Å²) in [5.74, 6) is -0.650. The quantitative estimate of drug-likeness (QED) is 0.0969. The lowest BCUT2D eigenvalue weighted by atomic mass is 10.0. The Kier molecular flexibility index (Phi) is 26.9. The molecule has 30 heavy (non-hydrogen) atoms. The maximum absolute atomic E-state index is 10.4. The first-order chi connectivity index (χ1) is 14.8. The Morgan fingerprint density at radius 2 is 0.600 bits per heavy atom. The molecule has 0 saturated carbocycles. The van der Waals surface area contributed by atoms with Crippen LogP contribution in [0.3, 0.4) is 0 Å². The maximum atomic E-state index is 10.4. The Labute approximate surface area is 197 Å². The first-order valence-electron chi connectivity index (χ1n) is 13.5. The van der Waals surface area contributed by atoms with Gasteiger partial charge in [0.15, 0.2) is 0 Å². The van der Waals surface area contributed by atoms with E-state index in [1.807, 2.05) is 0 Å². The largest absolute Gasteiger partial charge is 0.481 e. The van der Waals surface area contributed by atoms with Gasteiger partial charge >= 0.3 is 5.97 Å². The number of hydrogen-bond donors (Lipinski definition) is 1. The Morgan fingerprint density at radius 3 is 0.800 bits per heavy atom. The van der Waals surface area contributed by atoms with Gasteiger partial charge in [-0.25, -0.2) is 0 Å². The van der Waals surface area contributed by atoms with Crippen molar-refractivity contribution in [2.45, 2.75) is 161 Å². The van der Waals surface area contributed by atoms with E-state index in [-0.39, 0.29) is 0 Å². The summed E-state index contributed by atoms with van der Waals surface area (Å²) < 4.78 is 0. The Bertz CT molecular complexity index is 333. The van der Waals surface area contributed by atoms with Crippen LogP contribution >= 0.6 is 15.9 Å². The van der Waals surface area contributed by atoms with Crippen molar-refractivity contribution in [2.75, 3.05) is 5.33 Å². The lowest BCUT2D eigenvalue weighted by Crippen LogP contribution is -1.93. The first kappa shape index (κ1) is 29.9. The van der Waals surface area contributed by atoms with Gasteiger partial charge in [-0.3, -0.25) is 4.79 Å². The number of carbonyl (C=O) groups is 1. The molecule has 0 saturated heterocycles. The molecule has 0 aliphatic rings. The minimum Gasteiger partial charge on any atom is -0.481 e. The zero-order valence-corrected chi connectivity index (χ0v) is 21.7. The third-order valence-electron chi connectivity index (χ3n) is 6.27. The smallest absolute Gasteiger partial charge is 0.303 e. The van der Waals surface area contributed by atoms with Crippen LogP contribution < -0.4 is 0 Å². The van der Waals surface area contributed by atoms with E-state index in [1.54, 1.807) is 0 Å². The highest BCUT2D eigenvalue weighted by atomic mass is 79.9. The van der Waals surface area contributed by atoms with Crippen LogP contribution in [0.5, 0.6) is 0 Å². The van der Waals surface area contributed by atoms with Crippen molar-refractivity contribution in [3.8, 4) is 0 Å². The fraction of sp³-hybridized carbons (Fsp3) is 0.963. The molecule has 0 aliphatic heterocycles. The van der Waals surface area contributed by atoms with Gasteiger partial charge in [0.1, 0.15) is 0 Å².